The van der Waals surface area contributed by atoms with Crippen LogP contribution < -0.4 is 16.4 Å². The van der Waals surface area contributed by atoms with Crippen LogP contribution in [0.4, 0.5) is 0 Å². The van der Waals surface area contributed by atoms with Crippen molar-refractivity contribution in [3.05, 3.63) is 47.5 Å². The number of nitrogens with one attached hydrogen (secondary N) is 2. The van der Waals surface area contributed by atoms with Gasteiger partial charge in [-0.05, 0) is 76.6 Å². The van der Waals surface area contributed by atoms with Gasteiger partial charge in [-0.1, -0.05) is 42.8 Å². The number of carbonyl (C=O) groups is 2. The minimum absolute atomic E-state index is 0. The van der Waals surface area contributed by atoms with Gasteiger partial charge in [0.15, 0.2) is 11.6 Å². The van der Waals surface area contributed by atoms with E-state index in [0.717, 1.165) is 75.6 Å². The van der Waals surface area contributed by atoms with Gasteiger partial charge in [0.25, 0.3) is 0 Å². The Kier molecular flexibility index (Phi) is 16.6. The lowest BCUT2D eigenvalue weighted by Gasteiger charge is -2.23. The molecule has 0 bridgehead atoms. The first kappa shape index (κ1) is 31.8. The third kappa shape index (κ3) is 8.82. The molecule has 3 rings (SSSR count). The normalized spacial score (nSPS) is 12.8. The number of hydrogen-bond acceptors (Lipinski definition) is 5. The van der Waals surface area contributed by atoms with E-state index in [4.69, 9.17) is 5.73 Å². The van der Waals surface area contributed by atoms with Gasteiger partial charge in [-0.3, -0.25) is 9.59 Å². The van der Waals surface area contributed by atoms with Gasteiger partial charge in [-0.15, -0.1) is 37.2 Å². The topological polar surface area (TPSA) is 84.2 Å². The molecule has 8 heteroatoms. The van der Waals surface area contributed by atoms with Crippen molar-refractivity contribution in [1.82, 2.24) is 10.6 Å². The zero-order valence-corrected chi connectivity index (χ0v) is 21.6. The Morgan fingerprint density at radius 3 is 1.61 bits per heavy atom. The molecule has 4 N–H and O–H groups in total. The van der Waals surface area contributed by atoms with E-state index in [0.29, 0.717) is 17.5 Å². The minimum atomic E-state index is -0.518. The number of ketones is 2. The van der Waals surface area contributed by atoms with Gasteiger partial charge >= 0.3 is 0 Å². The van der Waals surface area contributed by atoms with Gasteiger partial charge in [0.1, 0.15) is 0 Å². The van der Waals surface area contributed by atoms with Crippen molar-refractivity contribution in [2.45, 2.75) is 44.9 Å². The van der Waals surface area contributed by atoms with Crippen LogP contribution in [0.1, 0.15) is 65.7 Å². The van der Waals surface area contributed by atoms with Crippen molar-refractivity contribution in [2.75, 3.05) is 32.7 Å². The number of hydrogen-bond donors (Lipinski definition) is 3. The van der Waals surface area contributed by atoms with Crippen LogP contribution in [-0.2, 0) is 0 Å². The molecule has 0 heterocycles. The zero-order chi connectivity index (χ0) is 21.2. The molecule has 5 nitrogen and oxygen atoms in total. The number of halogens is 3. The van der Waals surface area contributed by atoms with E-state index in [-0.39, 0.29) is 48.8 Å². The van der Waals surface area contributed by atoms with Crippen LogP contribution in [0.5, 0.6) is 0 Å². The number of unbranched alkanes of at least 4 members (excludes halogenated alkanes) is 3. The van der Waals surface area contributed by atoms with E-state index in [9.17, 15) is 9.59 Å². The summed E-state index contributed by atoms with van der Waals surface area (Å²) in [5, 5.41) is 8.72. The van der Waals surface area contributed by atoms with E-state index in [1.807, 2.05) is 36.4 Å². The van der Waals surface area contributed by atoms with Crippen LogP contribution >= 0.6 is 37.2 Å². The molecule has 0 aromatic heterocycles. The van der Waals surface area contributed by atoms with E-state index in [1.54, 1.807) is 0 Å². The summed E-state index contributed by atoms with van der Waals surface area (Å²) in [7, 11) is 0. The lowest BCUT2D eigenvalue weighted by Crippen LogP contribution is -2.29. The largest absolute Gasteiger partial charge is 0.330 e. The molecule has 1 aliphatic rings. The molecular weight excluding hydrogens is 481 g/mol. The van der Waals surface area contributed by atoms with E-state index < -0.39 is 5.92 Å². The molecule has 0 aliphatic heterocycles. The summed E-state index contributed by atoms with van der Waals surface area (Å²) >= 11 is 0. The Hall–Kier alpha value is -1.21. The molecule has 2 aromatic carbocycles. The maximum absolute atomic E-state index is 12.9. The molecule has 1 aliphatic carbocycles. The summed E-state index contributed by atoms with van der Waals surface area (Å²) in [6.07, 6.45) is 7.08. The molecule has 0 atom stereocenters. The summed E-state index contributed by atoms with van der Waals surface area (Å²) in [5.41, 5.74) is 6.90. The van der Waals surface area contributed by atoms with Crippen molar-refractivity contribution in [3.8, 4) is 0 Å². The minimum Gasteiger partial charge on any atom is -0.330 e. The van der Waals surface area contributed by atoms with Gasteiger partial charge in [0.2, 0.25) is 0 Å². The molecule has 186 valence electrons. The second-order valence-corrected chi connectivity index (χ2v) is 8.19. The van der Waals surface area contributed by atoms with Gasteiger partial charge in [-0.25, -0.2) is 0 Å². The molecule has 0 saturated carbocycles. The summed E-state index contributed by atoms with van der Waals surface area (Å²) in [6.45, 7) is 4.85. The molecule has 2 aromatic rings. The second-order valence-electron chi connectivity index (χ2n) is 8.19. The summed E-state index contributed by atoms with van der Waals surface area (Å²) < 4.78 is 0. The number of rotatable bonds is 14. The predicted molar refractivity (Wildman–Crippen MR) is 145 cm³/mol. The molecule has 33 heavy (non-hydrogen) atoms. The fourth-order valence-corrected chi connectivity index (χ4v) is 4.25. The second kappa shape index (κ2) is 17.3. The number of nitrogens with two attached hydrogens (primary N) is 1. The van der Waals surface area contributed by atoms with Gasteiger partial charge in [0.05, 0.1) is 5.92 Å². The molecule has 0 fully saturated rings. The fraction of sp³-hybridized carbons (Fsp3) is 0.520. The maximum Gasteiger partial charge on any atom is 0.174 e. The Labute approximate surface area is 216 Å². The average molecular weight is 519 g/mol. The van der Waals surface area contributed by atoms with Gasteiger partial charge in [-0.2, -0.15) is 0 Å². The van der Waals surface area contributed by atoms with E-state index >= 15 is 0 Å². The summed E-state index contributed by atoms with van der Waals surface area (Å²) in [6, 6.07) is 11.5. The van der Waals surface area contributed by atoms with Crippen LogP contribution in [0.15, 0.2) is 36.4 Å². The van der Waals surface area contributed by atoms with Crippen LogP contribution in [0, 0.1) is 5.92 Å². The van der Waals surface area contributed by atoms with Gasteiger partial charge < -0.3 is 16.4 Å². The van der Waals surface area contributed by atoms with Crippen LogP contribution in [-0.4, -0.2) is 44.3 Å². The summed E-state index contributed by atoms with van der Waals surface area (Å²) in [4.78, 5) is 25.8. The molecule has 0 radical (unpaired) electrons. The molecule has 0 spiro atoms. The highest BCUT2D eigenvalue weighted by atomic mass is 35.5. The van der Waals surface area contributed by atoms with Crippen molar-refractivity contribution in [3.63, 3.8) is 0 Å². The molecular formula is C25H38Cl3N3O2. The number of benzene rings is 2. The van der Waals surface area contributed by atoms with Crippen molar-refractivity contribution in [2.24, 2.45) is 11.7 Å². The quantitative estimate of drug-likeness (QED) is 0.243. The van der Waals surface area contributed by atoms with Crippen LogP contribution in [0.2, 0.25) is 0 Å². The van der Waals surface area contributed by atoms with E-state index in [2.05, 4.69) is 10.6 Å². The summed E-state index contributed by atoms with van der Waals surface area (Å²) in [5.74, 6) is -0.525. The Balaban J connectivity index is 0.00000341. The van der Waals surface area contributed by atoms with Crippen molar-refractivity contribution in [1.29, 1.82) is 0 Å². The number of carbonyl (C=O) groups excluding carboxylic acids is 2. The van der Waals surface area contributed by atoms with Crippen molar-refractivity contribution < 1.29 is 9.59 Å². The molecule has 0 amide bonds. The zero-order valence-electron chi connectivity index (χ0n) is 19.1. The monoisotopic (exact) mass is 517 g/mol. The van der Waals surface area contributed by atoms with Crippen LogP contribution in [0.3, 0.4) is 0 Å². The lowest BCUT2D eigenvalue weighted by atomic mass is 9.78. The number of Topliss-reactive ketones (excluding diaryl/α,β-unsaturated/α-hetero) is 2. The fourth-order valence-electron chi connectivity index (χ4n) is 4.25. The van der Waals surface area contributed by atoms with E-state index in [1.165, 1.54) is 6.42 Å². The van der Waals surface area contributed by atoms with Gasteiger partial charge in [0, 0.05) is 16.5 Å². The highest BCUT2D eigenvalue weighted by Gasteiger charge is 2.34. The van der Waals surface area contributed by atoms with Crippen molar-refractivity contribution >= 4 is 59.6 Å². The Morgan fingerprint density at radius 2 is 1.12 bits per heavy atom. The third-order valence-corrected chi connectivity index (χ3v) is 5.93. The average Bonchev–Trinajstić information content (AvgIpc) is 2.77. The first-order valence-electron chi connectivity index (χ1n) is 11.5. The molecule has 0 unspecified atom stereocenters. The maximum atomic E-state index is 12.9. The van der Waals surface area contributed by atoms with Crippen LogP contribution in [0.25, 0.3) is 10.8 Å². The highest BCUT2D eigenvalue weighted by Crippen LogP contribution is 2.34. The Morgan fingerprint density at radius 1 is 0.667 bits per heavy atom. The highest BCUT2D eigenvalue weighted by molar-refractivity contribution is 6.29. The Bertz CT molecular complexity index is 813. The first-order valence-corrected chi connectivity index (χ1v) is 11.5. The molecule has 0 saturated heterocycles. The lowest BCUT2D eigenvalue weighted by molar-refractivity contribution is 0.0792. The first-order chi connectivity index (χ1) is 14.7. The standard InChI is InChI=1S/C25H35N3O2.3ClH/c26-14-2-4-16-28-18-6-5-17-27-15-3-1-11-22-24(29)20-12-7-9-19-10-8-13-21(23(19)20)25(22)30;;;/h7-10,12-13,22,27-28H,1-6,11,14-18,26H2;3*1H. The predicted octanol–water partition coefficient (Wildman–Crippen LogP) is 4.97. The smallest absolute Gasteiger partial charge is 0.174 e. The SMILES string of the molecule is Cl.Cl.Cl.NCCCCNCCCCNCCCCC1C(=O)c2cccc3cccc(c23)C1=O. The third-order valence-electron chi connectivity index (χ3n) is 5.93.